The highest BCUT2D eigenvalue weighted by molar-refractivity contribution is 7.15. The fourth-order valence-electron chi connectivity index (χ4n) is 3.05. The number of fused-ring (bicyclic) bond motifs is 1. The van der Waals surface area contributed by atoms with E-state index in [0.717, 1.165) is 0 Å². The third kappa shape index (κ3) is 4.85. The Bertz CT molecular complexity index is 1380. The minimum absolute atomic E-state index is 0.125. The van der Waals surface area contributed by atoms with Crippen LogP contribution in [0.1, 0.15) is 26.4 Å². The van der Waals surface area contributed by atoms with Crippen molar-refractivity contribution in [1.29, 1.82) is 0 Å². The Kier molecular flexibility index (Phi) is 6.36. The van der Waals surface area contributed by atoms with Crippen molar-refractivity contribution in [2.75, 3.05) is 19.5 Å². The molecule has 10 heteroatoms. The summed E-state index contributed by atoms with van der Waals surface area (Å²) in [5, 5.41) is 4.51. The minimum Gasteiger partial charge on any atom is -0.493 e. The van der Waals surface area contributed by atoms with E-state index < -0.39 is 5.97 Å². The highest BCUT2D eigenvalue weighted by Crippen LogP contribution is 2.28. The predicted octanol–water partition coefficient (Wildman–Crippen LogP) is 3.38. The van der Waals surface area contributed by atoms with Crippen LogP contribution < -0.4 is 20.3 Å². The maximum Gasteiger partial charge on any atom is 0.338 e. The Morgan fingerprint density at radius 3 is 2.45 bits per heavy atom. The first-order valence-electron chi connectivity index (χ1n) is 9.75. The number of thiazole rings is 1. The number of amides is 1. The summed E-state index contributed by atoms with van der Waals surface area (Å²) in [6, 6.07) is 12.4. The summed E-state index contributed by atoms with van der Waals surface area (Å²) < 4.78 is 17.1. The van der Waals surface area contributed by atoms with Crippen molar-refractivity contribution in [3.8, 4) is 11.5 Å². The van der Waals surface area contributed by atoms with Crippen LogP contribution in [0.5, 0.6) is 11.5 Å². The normalized spacial score (nSPS) is 10.6. The van der Waals surface area contributed by atoms with Crippen molar-refractivity contribution in [1.82, 2.24) is 9.38 Å². The van der Waals surface area contributed by atoms with Crippen LogP contribution in [0.2, 0.25) is 0 Å². The van der Waals surface area contributed by atoms with Crippen LogP contribution in [-0.2, 0) is 11.3 Å². The molecule has 0 aliphatic rings. The van der Waals surface area contributed by atoms with E-state index in [1.165, 1.54) is 48.2 Å². The molecule has 2 heterocycles. The third-order valence-electron chi connectivity index (χ3n) is 4.73. The zero-order valence-corrected chi connectivity index (χ0v) is 18.5. The van der Waals surface area contributed by atoms with Gasteiger partial charge in [-0.15, -0.1) is 11.3 Å². The number of benzene rings is 2. The fraction of sp³-hybridized carbons (Fsp3) is 0.130. The molecular weight excluding hydrogens is 446 g/mol. The molecule has 2 aromatic carbocycles. The molecule has 0 unspecified atom stereocenters. The first-order chi connectivity index (χ1) is 16.0. The molecular formula is C23H19N3O6S. The molecule has 168 valence electrons. The fourth-order valence-corrected chi connectivity index (χ4v) is 3.79. The predicted molar refractivity (Wildman–Crippen MR) is 122 cm³/mol. The number of hydrogen-bond donors (Lipinski definition) is 1. The van der Waals surface area contributed by atoms with Crippen molar-refractivity contribution >= 4 is 33.9 Å². The van der Waals surface area contributed by atoms with Gasteiger partial charge in [0.15, 0.2) is 16.5 Å². The second-order valence-electron chi connectivity index (χ2n) is 6.82. The zero-order valence-electron chi connectivity index (χ0n) is 17.7. The molecule has 0 spiro atoms. The van der Waals surface area contributed by atoms with E-state index in [4.69, 9.17) is 14.2 Å². The van der Waals surface area contributed by atoms with Crippen LogP contribution in [0.25, 0.3) is 4.96 Å². The lowest BCUT2D eigenvalue weighted by Crippen LogP contribution is -2.15. The van der Waals surface area contributed by atoms with Crippen molar-refractivity contribution in [2.24, 2.45) is 0 Å². The maximum absolute atomic E-state index is 12.5. The highest BCUT2D eigenvalue weighted by atomic mass is 32.1. The molecule has 4 rings (SSSR count). The number of hydrogen-bond acceptors (Lipinski definition) is 8. The average Bonchev–Trinajstić information content (AvgIpc) is 3.32. The molecule has 2 aromatic heterocycles. The second kappa shape index (κ2) is 9.53. The van der Waals surface area contributed by atoms with Gasteiger partial charge in [0, 0.05) is 28.9 Å². The summed E-state index contributed by atoms with van der Waals surface area (Å²) in [7, 11) is 3.01. The lowest BCUT2D eigenvalue weighted by molar-refractivity contribution is 0.0467. The molecule has 0 bridgehead atoms. The first kappa shape index (κ1) is 22.0. The van der Waals surface area contributed by atoms with Crippen molar-refractivity contribution in [3.63, 3.8) is 0 Å². The van der Waals surface area contributed by atoms with Gasteiger partial charge in [0.05, 0.1) is 25.5 Å². The van der Waals surface area contributed by atoms with Gasteiger partial charge < -0.3 is 19.5 Å². The molecule has 1 N–H and O–H groups in total. The lowest BCUT2D eigenvalue weighted by atomic mass is 10.1. The molecule has 0 atom stereocenters. The topological polar surface area (TPSA) is 108 Å². The smallest absolute Gasteiger partial charge is 0.338 e. The molecule has 0 saturated carbocycles. The number of esters is 1. The average molecular weight is 465 g/mol. The molecule has 0 aliphatic carbocycles. The molecule has 0 radical (unpaired) electrons. The van der Waals surface area contributed by atoms with Gasteiger partial charge in [0.25, 0.3) is 11.5 Å². The number of carbonyl (C=O) groups excluding carboxylic acids is 2. The monoisotopic (exact) mass is 465 g/mol. The summed E-state index contributed by atoms with van der Waals surface area (Å²) in [6.45, 7) is -0.125. The third-order valence-corrected chi connectivity index (χ3v) is 5.49. The van der Waals surface area contributed by atoms with Crippen LogP contribution in [0, 0.1) is 0 Å². The summed E-state index contributed by atoms with van der Waals surface area (Å²) in [6.07, 6.45) is 1.64. The van der Waals surface area contributed by atoms with Gasteiger partial charge in [-0.1, -0.05) is 0 Å². The van der Waals surface area contributed by atoms with Crippen molar-refractivity contribution in [2.45, 2.75) is 6.61 Å². The zero-order chi connectivity index (χ0) is 23.4. The second-order valence-corrected chi connectivity index (χ2v) is 7.69. The van der Waals surface area contributed by atoms with Crippen molar-refractivity contribution < 1.29 is 23.8 Å². The largest absolute Gasteiger partial charge is 0.493 e. The van der Waals surface area contributed by atoms with Gasteiger partial charge in [0.2, 0.25) is 0 Å². The van der Waals surface area contributed by atoms with Crippen LogP contribution in [-0.4, -0.2) is 35.5 Å². The van der Waals surface area contributed by atoms with E-state index >= 15 is 0 Å². The van der Waals surface area contributed by atoms with Gasteiger partial charge >= 0.3 is 5.97 Å². The molecule has 0 fully saturated rings. The number of rotatable bonds is 7. The molecule has 1 amide bonds. The number of nitrogens with one attached hydrogen (secondary N) is 1. The number of nitrogens with zero attached hydrogens (tertiary/aromatic N) is 2. The van der Waals surface area contributed by atoms with Gasteiger partial charge in [-0.05, 0) is 42.5 Å². The van der Waals surface area contributed by atoms with E-state index in [2.05, 4.69) is 10.3 Å². The summed E-state index contributed by atoms with van der Waals surface area (Å²) in [5.41, 5.74) is 1.33. The van der Waals surface area contributed by atoms with E-state index in [9.17, 15) is 14.4 Å². The molecule has 0 aliphatic heterocycles. The van der Waals surface area contributed by atoms with Gasteiger partial charge in [0.1, 0.15) is 6.61 Å². The van der Waals surface area contributed by atoms with Crippen LogP contribution in [0.15, 0.2) is 64.9 Å². The standard InChI is InChI=1S/C23H19N3O6S/c1-30-18-8-5-15(11-19(18)31-2)21(28)24-16-6-3-14(4-7-16)22(29)32-13-17-12-20(27)26-9-10-33-23(26)25-17/h3-12H,13H2,1-2H3,(H,24,28). The Morgan fingerprint density at radius 1 is 1.00 bits per heavy atom. The number of anilines is 1. The maximum atomic E-state index is 12.5. The SMILES string of the molecule is COc1ccc(C(=O)Nc2ccc(C(=O)OCc3cc(=O)n4ccsc4n3)cc2)cc1OC. The molecule has 33 heavy (non-hydrogen) atoms. The molecule has 0 saturated heterocycles. The summed E-state index contributed by atoms with van der Waals surface area (Å²) >= 11 is 1.32. The van der Waals surface area contributed by atoms with E-state index in [1.54, 1.807) is 41.9 Å². The highest BCUT2D eigenvalue weighted by Gasteiger charge is 2.13. The number of methoxy groups -OCH3 is 2. The lowest BCUT2D eigenvalue weighted by Gasteiger charge is -2.10. The van der Waals surface area contributed by atoms with Crippen LogP contribution >= 0.6 is 11.3 Å². The van der Waals surface area contributed by atoms with Gasteiger partial charge in [-0.3, -0.25) is 14.0 Å². The first-order valence-corrected chi connectivity index (χ1v) is 10.6. The van der Waals surface area contributed by atoms with E-state index in [0.29, 0.717) is 39.0 Å². The van der Waals surface area contributed by atoms with Crippen LogP contribution in [0.4, 0.5) is 5.69 Å². The Hall–Kier alpha value is -4.18. The quantitative estimate of drug-likeness (QED) is 0.417. The van der Waals surface area contributed by atoms with E-state index in [-0.39, 0.29) is 18.1 Å². The van der Waals surface area contributed by atoms with Gasteiger partial charge in [-0.25, -0.2) is 9.78 Å². The Morgan fingerprint density at radius 2 is 1.73 bits per heavy atom. The number of aromatic nitrogens is 2. The minimum atomic E-state index is -0.569. The summed E-state index contributed by atoms with van der Waals surface area (Å²) in [5.74, 6) is 0.0554. The van der Waals surface area contributed by atoms with Crippen LogP contribution in [0.3, 0.4) is 0 Å². The summed E-state index contributed by atoms with van der Waals surface area (Å²) in [4.78, 5) is 41.7. The Balaban J connectivity index is 1.38. The Labute approximate surface area is 192 Å². The molecule has 4 aromatic rings. The number of ether oxygens (including phenoxy) is 3. The van der Waals surface area contributed by atoms with E-state index in [1.807, 2.05) is 0 Å². The molecule has 9 nitrogen and oxygen atoms in total. The van der Waals surface area contributed by atoms with Gasteiger partial charge in [-0.2, -0.15) is 0 Å². The number of carbonyl (C=O) groups is 2. The van der Waals surface area contributed by atoms with Crippen molar-refractivity contribution in [3.05, 3.63) is 87.3 Å².